The molecule has 0 amide bonds. The number of nitrogens with zero attached hydrogens (tertiary/aromatic N) is 3. The maximum Gasteiger partial charge on any atom is 0.347 e. The van der Waals surface area contributed by atoms with E-state index in [-0.39, 0.29) is 11.2 Å². The van der Waals surface area contributed by atoms with Gasteiger partial charge in [0.25, 0.3) is 0 Å². The van der Waals surface area contributed by atoms with Gasteiger partial charge in [-0.25, -0.2) is 19.3 Å². The molecule has 1 saturated carbocycles. The molecular formula is C25H21N5O. The average molecular weight is 407 g/mol. The Balaban J connectivity index is 1.45. The van der Waals surface area contributed by atoms with Crippen molar-refractivity contribution in [3.63, 3.8) is 0 Å². The van der Waals surface area contributed by atoms with Gasteiger partial charge in [-0.05, 0) is 54.2 Å². The third-order valence-electron chi connectivity index (χ3n) is 6.47. The number of aromatic amines is 1. The molecule has 6 rings (SSSR count). The Bertz CT molecular complexity index is 1490. The second-order valence-electron chi connectivity index (χ2n) is 8.30. The fourth-order valence-electron chi connectivity index (χ4n) is 4.51. The summed E-state index contributed by atoms with van der Waals surface area (Å²) in [7, 11) is 0. The Morgan fingerprint density at radius 1 is 0.935 bits per heavy atom. The van der Waals surface area contributed by atoms with Crippen molar-refractivity contribution >= 4 is 16.6 Å². The van der Waals surface area contributed by atoms with Crippen molar-refractivity contribution in [1.82, 2.24) is 19.6 Å². The number of pyridine rings is 2. The first-order chi connectivity index (χ1) is 15.1. The van der Waals surface area contributed by atoms with Crippen LogP contribution in [0.3, 0.4) is 0 Å². The molecule has 0 aliphatic heterocycles. The van der Waals surface area contributed by atoms with E-state index in [1.54, 1.807) is 6.20 Å². The highest BCUT2D eigenvalue weighted by Gasteiger charge is 2.34. The van der Waals surface area contributed by atoms with Crippen molar-refractivity contribution in [3.05, 3.63) is 89.0 Å². The Labute approximate surface area is 178 Å². The number of H-pyrrole nitrogens is 1. The van der Waals surface area contributed by atoms with Crippen LogP contribution in [0.15, 0.2) is 77.7 Å². The molecule has 1 aliphatic rings. The monoisotopic (exact) mass is 407 g/mol. The molecule has 0 unspecified atom stereocenters. The van der Waals surface area contributed by atoms with Gasteiger partial charge in [-0.1, -0.05) is 48.5 Å². The van der Waals surface area contributed by atoms with Crippen LogP contribution >= 0.6 is 0 Å². The predicted octanol–water partition coefficient (Wildman–Crippen LogP) is 4.24. The molecule has 1 aliphatic carbocycles. The van der Waals surface area contributed by atoms with Crippen LogP contribution in [-0.4, -0.2) is 19.6 Å². The predicted molar refractivity (Wildman–Crippen MR) is 122 cm³/mol. The van der Waals surface area contributed by atoms with Crippen LogP contribution in [0.4, 0.5) is 0 Å². The molecule has 2 aromatic carbocycles. The molecule has 0 bridgehead atoms. The van der Waals surface area contributed by atoms with Crippen LogP contribution in [0, 0.1) is 0 Å². The molecule has 6 nitrogen and oxygen atoms in total. The molecule has 1 fully saturated rings. The van der Waals surface area contributed by atoms with Gasteiger partial charge >= 0.3 is 5.69 Å². The zero-order chi connectivity index (χ0) is 21.0. The Morgan fingerprint density at radius 3 is 2.45 bits per heavy atom. The number of hydrogen-bond acceptors (Lipinski definition) is 4. The molecule has 5 aromatic rings. The van der Waals surface area contributed by atoms with E-state index in [1.165, 1.54) is 16.4 Å². The molecule has 0 radical (unpaired) electrons. The highest BCUT2D eigenvalue weighted by molar-refractivity contribution is 5.93. The van der Waals surface area contributed by atoms with Gasteiger partial charge in [0, 0.05) is 22.7 Å². The van der Waals surface area contributed by atoms with Crippen LogP contribution < -0.4 is 11.4 Å². The van der Waals surface area contributed by atoms with Gasteiger partial charge in [0.15, 0.2) is 5.65 Å². The molecular weight excluding hydrogens is 386 g/mol. The third-order valence-corrected chi connectivity index (χ3v) is 6.47. The minimum atomic E-state index is -0.254. The number of rotatable bonds is 3. The fourth-order valence-corrected chi connectivity index (χ4v) is 4.51. The van der Waals surface area contributed by atoms with E-state index in [1.807, 2.05) is 30.3 Å². The van der Waals surface area contributed by atoms with Crippen molar-refractivity contribution in [2.24, 2.45) is 5.73 Å². The van der Waals surface area contributed by atoms with Gasteiger partial charge in [-0.15, -0.1) is 0 Å². The highest BCUT2D eigenvalue weighted by atomic mass is 16.1. The van der Waals surface area contributed by atoms with Crippen LogP contribution in [0.25, 0.3) is 38.9 Å². The van der Waals surface area contributed by atoms with Crippen LogP contribution in [-0.2, 0) is 5.54 Å². The van der Waals surface area contributed by atoms with Crippen LogP contribution in [0.5, 0.6) is 0 Å². The summed E-state index contributed by atoms with van der Waals surface area (Å²) in [6.45, 7) is 0. The first kappa shape index (κ1) is 18.0. The Hall–Kier alpha value is -3.77. The van der Waals surface area contributed by atoms with Gasteiger partial charge in [0.2, 0.25) is 0 Å². The highest BCUT2D eigenvalue weighted by Crippen LogP contribution is 2.40. The zero-order valence-corrected chi connectivity index (χ0v) is 16.9. The van der Waals surface area contributed by atoms with E-state index < -0.39 is 0 Å². The normalized spacial score (nSPS) is 15.3. The van der Waals surface area contributed by atoms with E-state index >= 15 is 0 Å². The number of nitrogens with two attached hydrogens (primary N) is 1. The lowest BCUT2D eigenvalue weighted by Gasteiger charge is -2.38. The molecule has 3 N–H and O–H groups in total. The van der Waals surface area contributed by atoms with Crippen molar-refractivity contribution in [1.29, 1.82) is 0 Å². The largest absolute Gasteiger partial charge is 0.347 e. The zero-order valence-electron chi connectivity index (χ0n) is 16.9. The molecule has 0 spiro atoms. The maximum atomic E-state index is 11.8. The summed E-state index contributed by atoms with van der Waals surface area (Å²) in [5, 5.41) is 7.45. The first-order valence-electron chi connectivity index (χ1n) is 10.5. The number of hydrogen-bond donors (Lipinski definition) is 2. The second kappa shape index (κ2) is 6.62. The summed E-state index contributed by atoms with van der Waals surface area (Å²) in [5.74, 6) is 0. The summed E-state index contributed by atoms with van der Waals surface area (Å²) < 4.78 is 1.49. The minimum absolute atomic E-state index is 0.155. The fraction of sp³-hybridized carbons (Fsp3) is 0.160. The maximum absolute atomic E-state index is 11.8. The topological polar surface area (TPSA) is 89.1 Å². The first-order valence-corrected chi connectivity index (χ1v) is 10.5. The summed E-state index contributed by atoms with van der Waals surface area (Å²) in [6, 6.07) is 22.7. The van der Waals surface area contributed by atoms with E-state index in [0.717, 1.165) is 46.1 Å². The minimum Gasteiger partial charge on any atom is -0.321 e. The van der Waals surface area contributed by atoms with E-state index in [0.29, 0.717) is 5.65 Å². The molecule has 0 atom stereocenters. The molecule has 3 aromatic heterocycles. The second-order valence-corrected chi connectivity index (χ2v) is 8.30. The summed E-state index contributed by atoms with van der Waals surface area (Å²) >= 11 is 0. The standard InChI is InChI=1S/C25H21N5O/c26-25(13-3-14-25)17-8-6-16(7-9-17)18-4-1-2-5-19(18)21-11-10-20-22(27-21)12-15-30-23(20)28-29-24(30)31/h1-2,4-12,15H,3,13-14,26H2,(H,29,31). The third kappa shape index (κ3) is 2.79. The lowest BCUT2D eigenvalue weighted by atomic mass is 9.72. The molecule has 31 heavy (non-hydrogen) atoms. The number of aromatic nitrogens is 4. The van der Waals surface area contributed by atoms with Crippen LogP contribution in [0.2, 0.25) is 0 Å². The SMILES string of the molecule is NC1(c2ccc(-c3ccccc3-c3ccc4c(ccn5c(=O)[nH]nc45)n3)cc2)CCC1. The van der Waals surface area contributed by atoms with Gasteiger partial charge in [-0.3, -0.25) is 0 Å². The smallest absolute Gasteiger partial charge is 0.321 e. The van der Waals surface area contributed by atoms with Crippen molar-refractivity contribution in [2.45, 2.75) is 24.8 Å². The summed E-state index contributed by atoms with van der Waals surface area (Å²) in [6.07, 6.45) is 5.01. The van der Waals surface area contributed by atoms with Crippen LogP contribution in [0.1, 0.15) is 24.8 Å². The summed E-state index contributed by atoms with van der Waals surface area (Å²) in [4.78, 5) is 16.7. The molecule has 3 heterocycles. The van der Waals surface area contributed by atoms with Crippen molar-refractivity contribution < 1.29 is 0 Å². The van der Waals surface area contributed by atoms with Gasteiger partial charge in [0.1, 0.15) is 0 Å². The Morgan fingerprint density at radius 2 is 1.71 bits per heavy atom. The van der Waals surface area contributed by atoms with E-state index in [2.05, 4.69) is 46.6 Å². The van der Waals surface area contributed by atoms with Crippen molar-refractivity contribution in [2.75, 3.05) is 0 Å². The number of fused-ring (bicyclic) bond motifs is 3. The van der Waals surface area contributed by atoms with Gasteiger partial charge in [-0.2, -0.15) is 5.10 Å². The Kier molecular flexibility index (Phi) is 3.85. The quantitative estimate of drug-likeness (QED) is 0.468. The lowest BCUT2D eigenvalue weighted by Crippen LogP contribution is -2.43. The van der Waals surface area contributed by atoms with E-state index in [9.17, 15) is 4.79 Å². The molecule has 152 valence electrons. The van der Waals surface area contributed by atoms with Crippen molar-refractivity contribution in [3.8, 4) is 22.4 Å². The van der Waals surface area contributed by atoms with Gasteiger partial charge in [0.05, 0.1) is 11.2 Å². The molecule has 0 saturated heterocycles. The summed E-state index contributed by atoms with van der Waals surface area (Å²) in [5.41, 5.74) is 12.9. The van der Waals surface area contributed by atoms with Gasteiger partial charge < -0.3 is 5.73 Å². The lowest BCUT2D eigenvalue weighted by molar-refractivity contribution is 0.253. The average Bonchev–Trinajstić information content (AvgIpc) is 3.18. The number of nitrogens with one attached hydrogen (secondary N) is 1. The van der Waals surface area contributed by atoms with E-state index in [4.69, 9.17) is 10.7 Å². The molecule has 6 heteroatoms. The number of benzene rings is 2.